The Morgan fingerprint density at radius 1 is 1.26 bits per heavy atom. The number of alkyl halides is 3. The first-order chi connectivity index (χ1) is 12.7. The van der Waals surface area contributed by atoms with E-state index in [4.69, 9.17) is 4.42 Å². The molecule has 1 aromatic heterocycles. The minimum atomic E-state index is -4.59. The van der Waals surface area contributed by atoms with Crippen molar-refractivity contribution in [2.24, 2.45) is 0 Å². The molecule has 3 amide bonds. The van der Waals surface area contributed by atoms with E-state index in [1.807, 2.05) is 13.8 Å². The van der Waals surface area contributed by atoms with Crippen LogP contribution >= 0.6 is 0 Å². The van der Waals surface area contributed by atoms with Crippen LogP contribution in [0.25, 0.3) is 0 Å². The molecule has 2 aliphatic heterocycles. The van der Waals surface area contributed by atoms with E-state index in [9.17, 15) is 22.8 Å². The Balaban J connectivity index is 1.55. The molecule has 2 aliphatic rings. The van der Waals surface area contributed by atoms with Crippen molar-refractivity contribution in [3.63, 3.8) is 0 Å². The molecule has 1 aromatic rings. The summed E-state index contributed by atoms with van der Waals surface area (Å²) in [4.78, 5) is 32.1. The summed E-state index contributed by atoms with van der Waals surface area (Å²) >= 11 is 0. The van der Waals surface area contributed by atoms with Gasteiger partial charge in [0.05, 0.1) is 5.69 Å². The topological polar surface area (TPSA) is 69.9 Å². The molecule has 0 spiro atoms. The highest BCUT2D eigenvalue weighted by atomic mass is 19.4. The SMILES string of the molecule is CC(C)c1ocnc1CN1CCC(N2CC(=O)N(CC(F)(F)F)C2=O)CC1. The Kier molecular flexibility index (Phi) is 5.45. The molecule has 0 aliphatic carbocycles. The van der Waals surface area contributed by atoms with Crippen molar-refractivity contribution in [1.29, 1.82) is 0 Å². The van der Waals surface area contributed by atoms with Crippen LogP contribution < -0.4 is 0 Å². The van der Waals surface area contributed by atoms with Crippen LogP contribution in [0.3, 0.4) is 0 Å². The molecule has 0 radical (unpaired) electrons. The number of nitrogens with zero attached hydrogens (tertiary/aromatic N) is 4. The van der Waals surface area contributed by atoms with Gasteiger partial charge < -0.3 is 9.32 Å². The quantitative estimate of drug-likeness (QED) is 0.726. The molecular weight excluding hydrogens is 365 g/mol. The predicted octanol–water partition coefficient (Wildman–Crippen LogP) is 2.59. The van der Waals surface area contributed by atoms with E-state index in [-0.39, 0.29) is 18.5 Å². The van der Waals surface area contributed by atoms with Gasteiger partial charge in [-0.1, -0.05) is 13.8 Å². The average Bonchev–Trinajstić information content (AvgIpc) is 3.14. The molecule has 27 heavy (non-hydrogen) atoms. The number of amides is 3. The molecule has 0 N–H and O–H groups in total. The maximum absolute atomic E-state index is 12.6. The summed E-state index contributed by atoms with van der Waals surface area (Å²) in [7, 11) is 0. The number of hydrogen-bond acceptors (Lipinski definition) is 5. The van der Waals surface area contributed by atoms with Gasteiger partial charge in [-0.15, -0.1) is 0 Å². The van der Waals surface area contributed by atoms with Crippen molar-refractivity contribution in [2.75, 3.05) is 26.2 Å². The van der Waals surface area contributed by atoms with Crippen LogP contribution in [0.2, 0.25) is 0 Å². The van der Waals surface area contributed by atoms with Crippen LogP contribution in [0.1, 0.15) is 44.1 Å². The van der Waals surface area contributed by atoms with E-state index in [2.05, 4.69) is 9.88 Å². The number of aromatic nitrogens is 1. The maximum Gasteiger partial charge on any atom is 0.406 e. The fraction of sp³-hybridized carbons (Fsp3) is 0.706. The molecule has 0 aromatic carbocycles. The summed E-state index contributed by atoms with van der Waals surface area (Å²) in [5.41, 5.74) is 0.882. The van der Waals surface area contributed by atoms with Gasteiger partial charge in [0.15, 0.2) is 6.39 Å². The molecule has 2 fully saturated rings. The second-order valence-electron chi connectivity index (χ2n) is 7.33. The van der Waals surface area contributed by atoms with Crippen LogP contribution in [0.15, 0.2) is 10.8 Å². The minimum Gasteiger partial charge on any atom is -0.448 e. The van der Waals surface area contributed by atoms with Gasteiger partial charge in [-0.25, -0.2) is 9.78 Å². The lowest BCUT2D eigenvalue weighted by Gasteiger charge is -2.36. The van der Waals surface area contributed by atoms with E-state index < -0.39 is 24.7 Å². The molecule has 3 heterocycles. The molecule has 10 heteroatoms. The Morgan fingerprint density at radius 2 is 1.93 bits per heavy atom. The second kappa shape index (κ2) is 7.49. The van der Waals surface area contributed by atoms with Crippen molar-refractivity contribution in [2.45, 2.75) is 51.4 Å². The lowest BCUT2D eigenvalue weighted by atomic mass is 10.0. The first-order valence-electron chi connectivity index (χ1n) is 8.98. The smallest absolute Gasteiger partial charge is 0.406 e. The monoisotopic (exact) mass is 388 g/mol. The van der Waals surface area contributed by atoms with Crippen molar-refractivity contribution in [3.05, 3.63) is 17.8 Å². The number of carbonyl (C=O) groups excluding carboxylic acids is 2. The third kappa shape index (κ3) is 4.42. The predicted molar refractivity (Wildman–Crippen MR) is 88.8 cm³/mol. The molecule has 150 valence electrons. The number of urea groups is 1. The normalized spacial score (nSPS) is 20.4. The van der Waals surface area contributed by atoms with Gasteiger partial charge in [0.25, 0.3) is 5.91 Å². The lowest BCUT2D eigenvalue weighted by Crippen LogP contribution is -2.47. The van der Waals surface area contributed by atoms with Crippen molar-refractivity contribution in [3.8, 4) is 0 Å². The van der Waals surface area contributed by atoms with Crippen LogP contribution in [0, 0.1) is 0 Å². The van der Waals surface area contributed by atoms with E-state index in [1.165, 1.54) is 11.3 Å². The lowest BCUT2D eigenvalue weighted by molar-refractivity contribution is -0.151. The summed E-state index contributed by atoms with van der Waals surface area (Å²) in [6.07, 6.45) is -1.95. The highest BCUT2D eigenvalue weighted by molar-refractivity contribution is 6.02. The van der Waals surface area contributed by atoms with E-state index >= 15 is 0 Å². The minimum absolute atomic E-state index is 0.224. The third-order valence-corrected chi connectivity index (χ3v) is 4.99. The number of rotatable bonds is 5. The second-order valence-corrected chi connectivity index (χ2v) is 7.33. The standard InChI is InChI=1S/C17H23F3N4O3/c1-11(2)15-13(21-10-27-15)7-22-5-3-12(4-6-22)23-8-14(25)24(16(23)26)9-17(18,19)20/h10-12H,3-9H2,1-2H3. The number of likely N-dealkylation sites (tertiary alicyclic amines) is 1. The summed E-state index contributed by atoms with van der Waals surface area (Å²) < 4.78 is 43.1. The fourth-order valence-corrected chi connectivity index (χ4v) is 3.65. The van der Waals surface area contributed by atoms with Gasteiger partial charge in [-0.3, -0.25) is 14.6 Å². The number of halogens is 3. The molecule has 0 atom stereocenters. The van der Waals surface area contributed by atoms with Gasteiger partial charge in [0.2, 0.25) is 0 Å². The molecule has 7 nitrogen and oxygen atoms in total. The molecule has 0 bridgehead atoms. The summed E-state index contributed by atoms with van der Waals surface area (Å²) in [6.45, 7) is 4.23. The first-order valence-corrected chi connectivity index (χ1v) is 8.98. The summed E-state index contributed by atoms with van der Waals surface area (Å²) in [5, 5.41) is 0. The maximum atomic E-state index is 12.6. The van der Waals surface area contributed by atoms with Crippen LogP contribution in [0.4, 0.5) is 18.0 Å². The van der Waals surface area contributed by atoms with E-state index in [1.54, 1.807) is 0 Å². The zero-order chi connectivity index (χ0) is 19.8. The van der Waals surface area contributed by atoms with Gasteiger partial charge >= 0.3 is 12.2 Å². The third-order valence-electron chi connectivity index (χ3n) is 4.99. The van der Waals surface area contributed by atoms with Crippen molar-refractivity contribution >= 4 is 11.9 Å². The molecular formula is C17H23F3N4O3. The Labute approximate surface area is 155 Å². The van der Waals surface area contributed by atoms with Gasteiger partial charge in [0.1, 0.15) is 18.8 Å². The molecule has 0 saturated carbocycles. The van der Waals surface area contributed by atoms with Crippen LogP contribution in [-0.4, -0.2) is 70.0 Å². The zero-order valence-electron chi connectivity index (χ0n) is 15.3. The Bertz CT molecular complexity index is 696. The summed E-state index contributed by atoms with van der Waals surface area (Å²) in [6, 6.07) is -1.06. The van der Waals surface area contributed by atoms with Crippen LogP contribution in [-0.2, 0) is 11.3 Å². The van der Waals surface area contributed by atoms with E-state index in [0.29, 0.717) is 37.4 Å². The van der Waals surface area contributed by atoms with Gasteiger partial charge in [-0.05, 0) is 12.8 Å². The zero-order valence-corrected chi connectivity index (χ0v) is 15.3. The molecule has 0 unspecified atom stereocenters. The molecule has 3 rings (SSSR count). The largest absolute Gasteiger partial charge is 0.448 e. The van der Waals surface area contributed by atoms with Gasteiger partial charge in [0, 0.05) is 31.6 Å². The highest BCUT2D eigenvalue weighted by Crippen LogP contribution is 2.27. The number of hydrogen-bond donors (Lipinski definition) is 0. The Hall–Kier alpha value is -2.10. The fourth-order valence-electron chi connectivity index (χ4n) is 3.65. The van der Waals surface area contributed by atoms with Crippen molar-refractivity contribution in [1.82, 2.24) is 19.7 Å². The van der Waals surface area contributed by atoms with Gasteiger partial charge in [-0.2, -0.15) is 13.2 Å². The number of oxazole rings is 1. The summed E-state index contributed by atoms with van der Waals surface area (Å²) in [5.74, 6) is 0.289. The number of carbonyl (C=O) groups is 2. The number of imide groups is 1. The number of piperidine rings is 1. The van der Waals surface area contributed by atoms with E-state index in [0.717, 1.165) is 11.5 Å². The molecule has 2 saturated heterocycles. The van der Waals surface area contributed by atoms with Crippen molar-refractivity contribution < 1.29 is 27.2 Å². The first kappa shape index (κ1) is 19.7. The Morgan fingerprint density at radius 3 is 2.52 bits per heavy atom. The average molecular weight is 388 g/mol. The highest BCUT2D eigenvalue weighted by Gasteiger charge is 2.45. The van der Waals surface area contributed by atoms with Crippen LogP contribution in [0.5, 0.6) is 0 Å².